The molecule has 0 aromatic heterocycles. The van der Waals surface area contributed by atoms with Gasteiger partial charge in [0.25, 0.3) is 0 Å². The fourth-order valence-corrected chi connectivity index (χ4v) is 2.96. The van der Waals surface area contributed by atoms with Crippen LogP contribution >= 0.6 is 0 Å². The molecule has 0 radical (unpaired) electrons. The first-order chi connectivity index (χ1) is 6.66. The summed E-state index contributed by atoms with van der Waals surface area (Å²) in [5.41, 5.74) is 0. The Balaban J connectivity index is 1.79. The van der Waals surface area contributed by atoms with Crippen LogP contribution in [0.1, 0.15) is 33.1 Å². The topological polar surface area (TPSA) is 23.5 Å². The van der Waals surface area contributed by atoms with Gasteiger partial charge in [-0.1, -0.05) is 20.3 Å². The Morgan fingerprint density at radius 1 is 1.21 bits per heavy atom. The smallest absolute Gasteiger partial charge is 0.0689 e. The van der Waals surface area contributed by atoms with E-state index in [-0.39, 0.29) is 6.10 Å². The fraction of sp³-hybridized carbons (Fsp3) is 1.00. The number of aliphatic hydroxyl groups excluding tert-OH is 1. The van der Waals surface area contributed by atoms with Crippen LogP contribution < -0.4 is 0 Å². The Labute approximate surface area is 87.3 Å². The number of fused-ring (bicyclic) bond motifs is 1. The van der Waals surface area contributed by atoms with Crippen molar-refractivity contribution in [1.82, 2.24) is 4.90 Å². The van der Waals surface area contributed by atoms with Crippen LogP contribution in [0.5, 0.6) is 0 Å². The van der Waals surface area contributed by atoms with E-state index < -0.39 is 0 Å². The molecule has 0 bridgehead atoms. The van der Waals surface area contributed by atoms with Crippen molar-refractivity contribution in [2.24, 2.45) is 17.8 Å². The van der Waals surface area contributed by atoms with Crippen molar-refractivity contribution in [3.05, 3.63) is 0 Å². The number of likely N-dealkylation sites (tertiary alicyclic amines) is 1. The highest BCUT2D eigenvalue weighted by atomic mass is 16.3. The second kappa shape index (κ2) is 4.19. The predicted molar refractivity (Wildman–Crippen MR) is 58.1 cm³/mol. The summed E-state index contributed by atoms with van der Waals surface area (Å²) in [7, 11) is 0. The van der Waals surface area contributed by atoms with Gasteiger partial charge in [0.2, 0.25) is 0 Å². The van der Waals surface area contributed by atoms with Gasteiger partial charge in [0.05, 0.1) is 6.10 Å². The molecule has 1 aliphatic carbocycles. The molecule has 1 N–H and O–H groups in total. The lowest BCUT2D eigenvalue weighted by Gasteiger charge is -2.22. The molecule has 0 spiro atoms. The quantitative estimate of drug-likeness (QED) is 0.745. The average Bonchev–Trinajstić information content (AvgIpc) is 2.63. The summed E-state index contributed by atoms with van der Waals surface area (Å²) in [6.07, 6.45) is 4.17. The minimum Gasteiger partial charge on any atom is -0.392 e. The zero-order valence-electron chi connectivity index (χ0n) is 9.45. The highest BCUT2D eigenvalue weighted by Crippen LogP contribution is 2.37. The van der Waals surface area contributed by atoms with Crippen molar-refractivity contribution >= 4 is 0 Å². The van der Waals surface area contributed by atoms with Crippen molar-refractivity contribution < 1.29 is 5.11 Å². The molecule has 1 heterocycles. The van der Waals surface area contributed by atoms with Crippen LogP contribution in [0.15, 0.2) is 0 Å². The summed E-state index contributed by atoms with van der Waals surface area (Å²) in [5, 5.41) is 9.81. The van der Waals surface area contributed by atoms with Crippen LogP contribution in [0.25, 0.3) is 0 Å². The summed E-state index contributed by atoms with van der Waals surface area (Å²) >= 11 is 0. The molecule has 0 aromatic carbocycles. The van der Waals surface area contributed by atoms with Gasteiger partial charge in [0.15, 0.2) is 0 Å². The zero-order valence-corrected chi connectivity index (χ0v) is 9.45. The molecule has 1 saturated heterocycles. The molecule has 82 valence electrons. The first-order valence-corrected chi connectivity index (χ1v) is 6.07. The third-order valence-electron chi connectivity index (χ3n) is 4.02. The maximum absolute atomic E-state index is 9.81. The lowest BCUT2D eigenvalue weighted by atomic mass is 10.0. The van der Waals surface area contributed by atoms with E-state index in [9.17, 15) is 5.11 Å². The summed E-state index contributed by atoms with van der Waals surface area (Å²) in [6, 6.07) is 0. The van der Waals surface area contributed by atoms with Crippen LogP contribution in [0.2, 0.25) is 0 Å². The number of β-amino-alcohol motifs (C(OH)–C–C–N with tert-alkyl or cyclic N) is 1. The molecule has 3 atom stereocenters. The molecule has 3 unspecified atom stereocenters. The van der Waals surface area contributed by atoms with Gasteiger partial charge in [0.1, 0.15) is 0 Å². The van der Waals surface area contributed by atoms with Crippen LogP contribution in [0.4, 0.5) is 0 Å². The van der Waals surface area contributed by atoms with Crippen LogP contribution in [-0.4, -0.2) is 35.7 Å². The molecule has 2 nitrogen and oxygen atoms in total. The van der Waals surface area contributed by atoms with Gasteiger partial charge in [-0.05, 0) is 30.6 Å². The highest BCUT2D eigenvalue weighted by molar-refractivity contribution is 4.89. The standard InChI is InChI=1S/C12H23NO/c1-9(2)12(14)8-13-6-10-4-3-5-11(10)7-13/h9-12,14H,3-8H2,1-2H3. The highest BCUT2D eigenvalue weighted by Gasteiger charge is 2.36. The van der Waals surface area contributed by atoms with Crippen LogP contribution in [0, 0.1) is 17.8 Å². The lowest BCUT2D eigenvalue weighted by Crippen LogP contribution is -2.34. The van der Waals surface area contributed by atoms with Crippen molar-refractivity contribution in [2.75, 3.05) is 19.6 Å². The van der Waals surface area contributed by atoms with Gasteiger partial charge in [-0.25, -0.2) is 0 Å². The van der Waals surface area contributed by atoms with E-state index in [1.165, 1.54) is 32.4 Å². The Morgan fingerprint density at radius 2 is 1.79 bits per heavy atom. The maximum Gasteiger partial charge on any atom is 0.0689 e. The third kappa shape index (κ3) is 2.12. The molecular formula is C12H23NO. The van der Waals surface area contributed by atoms with Crippen molar-refractivity contribution in [2.45, 2.75) is 39.2 Å². The van der Waals surface area contributed by atoms with Gasteiger partial charge in [0, 0.05) is 19.6 Å². The minimum absolute atomic E-state index is 0.131. The van der Waals surface area contributed by atoms with E-state index in [1.807, 2.05) is 0 Å². The van der Waals surface area contributed by atoms with Gasteiger partial charge < -0.3 is 10.0 Å². The first-order valence-electron chi connectivity index (χ1n) is 6.07. The SMILES string of the molecule is CC(C)C(O)CN1CC2CCCC2C1. The minimum atomic E-state index is -0.131. The van der Waals surface area contributed by atoms with Crippen molar-refractivity contribution in [1.29, 1.82) is 0 Å². The largest absolute Gasteiger partial charge is 0.392 e. The normalized spacial score (nSPS) is 35.1. The van der Waals surface area contributed by atoms with E-state index in [0.29, 0.717) is 5.92 Å². The van der Waals surface area contributed by atoms with Gasteiger partial charge in [-0.2, -0.15) is 0 Å². The van der Waals surface area contributed by atoms with Gasteiger partial charge >= 0.3 is 0 Å². The molecule has 2 fully saturated rings. The van der Waals surface area contributed by atoms with E-state index in [0.717, 1.165) is 18.4 Å². The molecule has 2 heteroatoms. The van der Waals surface area contributed by atoms with Crippen LogP contribution in [0.3, 0.4) is 0 Å². The van der Waals surface area contributed by atoms with E-state index >= 15 is 0 Å². The number of hydrogen-bond donors (Lipinski definition) is 1. The summed E-state index contributed by atoms with van der Waals surface area (Å²) in [5.74, 6) is 2.30. The molecule has 2 rings (SSSR count). The van der Waals surface area contributed by atoms with Crippen molar-refractivity contribution in [3.63, 3.8) is 0 Å². The monoisotopic (exact) mass is 197 g/mol. The average molecular weight is 197 g/mol. The van der Waals surface area contributed by atoms with Crippen molar-refractivity contribution in [3.8, 4) is 0 Å². The Kier molecular flexibility index (Phi) is 3.13. The van der Waals surface area contributed by atoms with Crippen LogP contribution in [-0.2, 0) is 0 Å². The molecule has 1 aliphatic heterocycles. The molecule has 14 heavy (non-hydrogen) atoms. The number of aliphatic hydroxyl groups is 1. The summed E-state index contributed by atoms with van der Waals surface area (Å²) in [4.78, 5) is 2.47. The lowest BCUT2D eigenvalue weighted by molar-refractivity contribution is 0.0826. The second-order valence-corrected chi connectivity index (χ2v) is 5.48. The second-order valence-electron chi connectivity index (χ2n) is 5.48. The predicted octanol–water partition coefficient (Wildman–Crippen LogP) is 1.74. The Bertz CT molecular complexity index is 181. The zero-order chi connectivity index (χ0) is 10.1. The molecule has 1 saturated carbocycles. The fourth-order valence-electron chi connectivity index (χ4n) is 2.96. The third-order valence-corrected chi connectivity index (χ3v) is 4.02. The number of hydrogen-bond acceptors (Lipinski definition) is 2. The molecular weight excluding hydrogens is 174 g/mol. The molecule has 0 amide bonds. The Hall–Kier alpha value is -0.0800. The summed E-state index contributed by atoms with van der Waals surface area (Å²) in [6.45, 7) is 7.58. The van der Waals surface area contributed by atoms with Gasteiger partial charge in [-0.3, -0.25) is 0 Å². The first kappa shape index (κ1) is 10.4. The van der Waals surface area contributed by atoms with E-state index in [4.69, 9.17) is 0 Å². The molecule has 2 aliphatic rings. The number of nitrogens with zero attached hydrogens (tertiary/aromatic N) is 1. The van der Waals surface area contributed by atoms with E-state index in [2.05, 4.69) is 18.7 Å². The van der Waals surface area contributed by atoms with Gasteiger partial charge in [-0.15, -0.1) is 0 Å². The molecule has 0 aromatic rings. The van der Waals surface area contributed by atoms with E-state index in [1.54, 1.807) is 0 Å². The number of rotatable bonds is 3. The maximum atomic E-state index is 9.81. The summed E-state index contributed by atoms with van der Waals surface area (Å²) < 4.78 is 0. The Morgan fingerprint density at radius 3 is 2.29 bits per heavy atom.